The van der Waals surface area contributed by atoms with Gasteiger partial charge in [0.2, 0.25) is 0 Å². The number of carbonyl (C=O) groups excluding carboxylic acids is 1. The third kappa shape index (κ3) is 3.19. The average Bonchev–Trinajstić information content (AvgIpc) is 2.89. The number of nitrogens with one attached hydrogen (secondary N) is 2. The Balaban J connectivity index is 2.13. The molecule has 1 aromatic carbocycles. The van der Waals surface area contributed by atoms with Crippen LogP contribution in [0.15, 0.2) is 36.5 Å². The van der Waals surface area contributed by atoms with Crippen LogP contribution >= 0.6 is 15.9 Å². The van der Waals surface area contributed by atoms with E-state index in [-0.39, 0.29) is 11.4 Å². The highest BCUT2D eigenvalue weighted by atomic mass is 79.9. The molecule has 0 aliphatic rings. The van der Waals surface area contributed by atoms with Crippen molar-refractivity contribution in [3.63, 3.8) is 0 Å². The highest BCUT2D eigenvalue weighted by Crippen LogP contribution is 2.16. The lowest BCUT2D eigenvalue weighted by molar-refractivity contribution is -0.384. The van der Waals surface area contributed by atoms with Gasteiger partial charge in [-0.25, -0.2) is 0 Å². The SMILES string of the molecule is O=C(Nc1cccc(CBr)c1)c1cc([N+](=O)[O-])c[nH]1. The van der Waals surface area contributed by atoms with E-state index in [9.17, 15) is 14.9 Å². The first kappa shape index (κ1) is 13.3. The van der Waals surface area contributed by atoms with Crippen LogP contribution in [0, 0.1) is 10.1 Å². The first-order valence-electron chi connectivity index (χ1n) is 5.39. The van der Waals surface area contributed by atoms with Crippen molar-refractivity contribution in [1.82, 2.24) is 4.98 Å². The number of amides is 1. The Labute approximate surface area is 117 Å². The van der Waals surface area contributed by atoms with Gasteiger partial charge in [-0.3, -0.25) is 14.9 Å². The van der Waals surface area contributed by atoms with Crippen LogP contribution in [-0.4, -0.2) is 15.8 Å². The Morgan fingerprint density at radius 2 is 2.21 bits per heavy atom. The number of H-pyrrole nitrogens is 1. The molecule has 0 radical (unpaired) electrons. The summed E-state index contributed by atoms with van der Waals surface area (Å²) in [6.45, 7) is 0. The number of rotatable bonds is 4. The molecule has 7 heteroatoms. The van der Waals surface area contributed by atoms with Crippen LogP contribution in [0.25, 0.3) is 0 Å². The van der Waals surface area contributed by atoms with E-state index in [1.54, 1.807) is 6.07 Å². The molecule has 0 saturated carbocycles. The van der Waals surface area contributed by atoms with Gasteiger partial charge in [0.1, 0.15) is 5.69 Å². The highest BCUT2D eigenvalue weighted by molar-refractivity contribution is 9.08. The fourth-order valence-corrected chi connectivity index (χ4v) is 1.90. The minimum atomic E-state index is -0.557. The molecule has 98 valence electrons. The Kier molecular flexibility index (Phi) is 3.96. The first-order chi connectivity index (χ1) is 9.10. The molecule has 2 aromatic rings. The fraction of sp³-hybridized carbons (Fsp3) is 0.0833. The van der Waals surface area contributed by atoms with E-state index in [0.717, 1.165) is 5.56 Å². The lowest BCUT2D eigenvalue weighted by atomic mass is 10.2. The van der Waals surface area contributed by atoms with Crippen molar-refractivity contribution in [3.05, 3.63) is 57.9 Å². The maximum atomic E-state index is 11.9. The quantitative estimate of drug-likeness (QED) is 0.515. The predicted octanol–water partition coefficient (Wildman–Crippen LogP) is 3.07. The normalized spacial score (nSPS) is 10.2. The van der Waals surface area contributed by atoms with Gasteiger partial charge in [0.25, 0.3) is 11.6 Å². The molecule has 0 unspecified atom stereocenters. The average molecular weight is 324 g/mol. The van der Waals surface area contributed by atoms with Crippen LogP contribution in [0.5, 0.6) is 0 Å². The van der Waals surface area contributed by atoms with E-state index in [1.807, 2.05) is 18.2 Å². The predicted molar refractivity (Wildman–Crippen MR) is 74.5 cm³/mol. The number of aromatic amines is 1. The van der Waals surface area contributed by atoms with Gasteiger partial charge in [0.15, 0.2) is 0 Å². The standard InChI is InChI=1S/C12H10BrN3O3/c13-6-8-2-1-3-9(4-8)15-12(17)11-5-10(7-14-11)16(18)19/h1-5,7,14H,6H2,(H,15,17). The third-order valence-electron chi connectivity index (χ3n) is 2.46. The lowest BCUT2D eigenvalue weighted by Gasteiger charge is -2.04. The summed E-state index contributed by atoms with van der Waals surface area (Å²) >= 11 is 3.33. The van der Waals surface area contributed by atoms with Gasteiger partial charge in [0, 0.05) is 17.1 Å². The Hall–Kier alpha value is -2.15. The van der Waals surface area contributed by atoms with Gasteiger partial charge in [-0.15, -0.1) is 0 Å². The van der Waals surface area contributed by atoms with Gasteiger partial charge in [-0.05, 0) is 17.7 Å². The molecule has 6 nitrogen and oxygen atoms in total. The van der Waals surface area contributed by atoms with E-state index in [2.05, 4.69) is 26.2 Å². The summed E-state index contributed by atoms with van der Waals surface area (Å²) in [4.78, 5) is 24.4. The molecule has 0 bridgehead atoms. The zero-order valence-corrected chi connectivity index (χ0v) is 11.3. The van der Waals surface area contributed by atoms with Gasteiger partial charge in [0.05, 0.1) is 11.1 Å². The number of nitro groups is 1. The van der Waals surface area contributed by atoms with Gasteiger partial charge in [-0.2, -0.15) is 0 Å². The van der Waals surface area contributed by atoms with E-state index >= 15 is 0 Å². The number of halogens is 1. The molecule has 19 heavy (non-hydrogen) atoms. The lowest BCUT2D eigenvalue weighted by Crippen LogP contribution is -2.12. The molecule has 0 saturated heterocycles. The van der Waals surface area contributed by atoms with Crippen molar-refractivity contribution in [1.29, 1.82) is 0 Å². The largest absolute Gasteiger partial charge is 0.351 e. The van der Waals surface area contributed by atoms with Crippen molar-refractivity contribution in [2.45, 2.75) is 5.33 Å². The monoisotopic (exact) mass is 323 g/mol. The number of hydrogen-bond donors (Lipinski definition) is 2. The molecule has 2 N–H and O–H groups in total. The number of anilines is 1. The second-order valence-electron chi connectivity index (χ2n) is 3.82. The Bertz CT molecular complexity index is 624. The van der Waals surface area contributed by atoms with E-state index in [1.165, 1.54) is 12.3 Å². The minimum absolute atomic E-state index is 0.139. The number of alkyl halides is 1. The van der Waals surface area contributed by atoms with Crippen molar-refractivity contribution < 1.29 is 9.72 Å². The van der Waals surface area contributed by atoms with Crippen LogP contribution in [-0.2, 0) is 5.33 Å². The molecular weight excluding hydrogens is 314 g/mol. The number of nitrogens with zero attached hydrogens (tertiary/aromatic N) is 1. The molecule has 2 rings (SSSR count). The first-order valence-corrected chi connectivity index (χ1v) is 6.51. The summed E-state index contributed by atoms with van der Waals surface area (Å²) in [6.07, 6.45) is 1.18. The van der Waals surface area contributed by atoms with E-state index in [0.29, 0.717) is 11.0 Å². The molecule has 1 aromatic heterocycles. The number of benzene rings is 1. The summed E-state index contributed by atoms with van der Waals surface area (Å²) in [5, 5.41) is 13.9. The maximum absolute atomic E-state index is 11.9. The van der Waals surface area contributed by atoms with Crippen molar-refractivity contribution in [3.8, 4) is 0 Å². The number of hydrogen-bond acceptors (Lipinski definition) is 3. The van der Waals surface area contributed by atoms with Crippen LogP contribution in [0.4, 0.5) is 11.4 Å². The topological polar surface area (TPSA) is 88.0 Å². The molecular formula is C12H10BrN3O3. The highest BCUT2D eigenvalue weighted by Gasteiger charge is 2.14. The smallest absolute Gasteiger partial charge is 0.287 e. The zero-order valence-electron chi connectivity index (χ0n) is 9.72. The molecule has 0 spiro atoms. The minimum Gasteiger partial charge on any atom is -0.351 e. The number of carbonyl (C=O) groups is 1. The van der Waals surface area contributed by atoms with Crippen LogP contribution in [0.1, 0.15) is 16.1 Å². The van der Waals surface area contributed by atoms with Gasteiger partial charge >= 0.3 is 0 Å². The summed E-state index contributed by atoms with van der Waals surface area (Å²) < 4.78 is 0. The summed E-state index contributed by atoms with van der Waals surface area (Å²) in [5.41, 5.74) is 1.67. The second kappa shape index (κ2) is 5.66. The fourth-order valence-electron chi connectivity index (χ4n) is 1.55. The van der Waals surface area contributed by atoms with E-state index in [4.69, 9.17) is 0 Å². The summed E-state index contributed by atoms with van der Waals surface area (Å²) in [6, 6.07) is 8.52. The third-order valence-corrected chi connectivity index (χ3v) is 3.11. The molecule has 1 heterocycles. The Morgan fingerprint density at radius 3 is 2.84 bits per heavy atom. The molecule has 1 amide bonds. The van der Waals surface area contributed by atoms with Gasteiger partial charge in [-0.1, -0.05) is 28.1 Å². The van der Waals surface area contributed by atoms with E-state index < -0.39 is 10.8 Å². The summed E-state index contributed by atoms with van der Waals surface area (Å²) in [7, 11) is 0. The van der Waals surface area contributed by atoms with Crippen LogP contribution in [0.3, 0.4) is 0 Å². The summed E-state index contributed by atoms with van der Waals surface area (Å²) in [5.74, 6) is -0.417. The van der Waals surface area contributed by atoms with Crippen molar-refractivity contribution >= 4 is 33.2 Å². The molecule has 0 aliphatic heterocycles. The zero-order chi connectivity index (χ0) is 13.8. The van der Waals surface area contributed by atoms with Crippen LogP contribution < -0.4 is 5.32 Å². The second-order valence-corrected chi connectivity index (χ2v) is 4.38. The van der Waals surface area contributed by atoms with Crippen molar-refractivity contribution in [2.24, 2.45) is 0 Å². The Morgan fingerprint density at radius 1 is 1.42 bits per heavy atom. The molecule has 0 fully saturated rings. The van der Waals surface area contributed by atoms with Gasteiger partial charge < -0.3 is 10.3 Å². The van der Waals surface area contributed by atoms with Crippen LogP contribution in [0.2, 0.25) is 0 Å². The maximum Gasteiger partial charge on any atom is 0.287 e. The van der Waals surface area contributed by atoms with Crippen molar-refractivity contribution in [2.75, 3.05) is 5.32 Å². The number of aromatic nitrogens is 1. The molecule has 0 atom stereocenters. The molecule has 0 aliphatic carbocycles.